The van der Waals surface area contributed by atoms with E-state index in [2.05, 4.69) is 0 Å². The van der Waals surface area contributed by atoms with Crippen molar-refractivity contribution in [2.75, 3.05) is 0 Å². The van der Waals surface area contributed by atoms with Gasteiger partial charge in [-0.2, -0.15) is 0 Å². The molecule has 81 valence electrons. The molecule has 0 aromatic heterocycles. The predicted octanol–water partition coefficient (Wildman–Crippen LogP) is 3.71. The molecule has 0 spiro atoms. The molecule has 0 bridgehead atoms. The van der Waals surface area contributed by atoms with E-state index in [0.717, 1.165) is 24.3 Å². The first-order valence-electron chi connectivity index (χ1n) is 4.39. The van der Waals surface area contributed by atoms with Crippen LogP contribution in [0.25, 0.3) is 11.1 Å². The first-order valence-corrected chi connectivity index (χ1v) is 4.39. The highest BCUT2D eigenvalue weighted by molar-refractivity contribution is 5.63. The summed E-state index contributed by atoms with van der Waals surface area (Å²) in [6.45, 7) is 0. The number of hydrogen-bond donors (Lipinski definition) is 0. The van der Waals surface area contributed by atoms with Gasteiger partial charge in [0.05, 0.1) is 6.07 Å². The molecule has 2 rings (SSSR count). The minimum Gasteiger partial charge on any atom is -0.207 e. The van der Waals surface area contributed by atoms with Gasteiger partial charge in [0.25, 0.3) is 0 Å². The average Bonchev–Trinajstić information content (AvgIpc) is 2.14. The summed E-state index contributed by atoms with van der Waals surface area (Å²) in [7, 11) is 0. The number of benzene rings is 2. The number of rotatable bonds is 1. The first kappa shape index (κ1) is 10.7. The van der Waals surface area contributed by atoms with Gasteiger partial charge < -0.3 is 0 Å². The van der Waals surface area contributed by atoms with Gasteiger partial charge in [0.1, 0.15) is 23.3 Å². The molecule has 16 heavy (non-hydrogen) atoms. The molecule has 2 aromatic rings. The van der Waals surface area contributed by atoms with E-state index < -0.39 is 23.3 Å². The van der Waals surface area contributed by atoms with E-state index in [-0.39, 0.29) is 11.1 Å². The van der Waals surface area contributed by atoms with E-state index in [1.807, 2.05) is 0 Å². The monoisotopic (exact) mass is 225 g/mol. The summed E-state index contributed by atoms with van der Waals surface area (Å²) in [6.07, 6.45) is 0. The molecule has 0 aliphatic heterocycles. The zero-order chi connectivity index (χ0) is 11.7. The second-order valence-electron chi connectivity index (χ2n) is 3.22. The zero-order valence-electron chi connectivity index (χ0n) is 7.90. The molecular formula is C12H5F4. The van der Waals surface area contributed by atoms with Crippen LogP contribution < -0.4 is 0 Å². The highest BCUT2D eigenvalue weighted by atomic mass is 19.1. The largest absolute Gasteiger partial charge is 0.207 e. The van der Waals surface area contributed by atoms with Gasteiger partial charge in [-0.15, -0.1) is 0 Å². The quantitative estimate of drug-likeness (QED) is 0.649. The number of halogens is 4. The molecule has 4 heteroatoms. The van der Waals surface area contributed by atoms with Crippen molar-refractivity contribution in [3.63, 3.8) is 0 Å². The van der Waals surface area contributed by atoms with Crippen LogP contribution >= 0.6 is 0 Å². The molecule has 2 aromatic carbocycles. The molecule has 0 atom stereocenters. The molecule has 0 heterocycles. The van der Waals surface area contributed by atoms with Crippen molar-refractivity contribution in [2.24, 2.45) is 0 Å². The summed E-state index contributed by atoms with van der Waals surface area (Å²) >= 11 is 0. The van der Waals surface area contributed by atoms with E-state index in [1.54, 1.807) is 6.07 Å². The Hall–Kier alpha value is -1.84. The van der Waals surface area contributed by atoms with Crippen LogP contribution in [-0.2, 0) is 0 Å². The van der Waals surface area contributed by atoms with Crippen LogP contribution in [0.4, 0.5) is 17.6 Å². The van der Waals surface area contributed by atoms with E-state index in [0.29, 0.717) is 6.07 Å². The van der Waals surface area contributed by atoms with Crippen LogP contribution in [0.15, 0.2) is 30.3 Å². The first-order chi connectivity index (χ1) is 7.54. The second-order valence-corrected chi connectivity index (χ2v) is 3.22. The third-order valence-electron chi connectivity index (χ3n) is 2.00. The fourth-order valence-electron chi connectivity index (χ4n) is 1.39. The van der Waals surface area contributed by atoms with Crippen LogP contribution in [0, 0.1) is 29.3 Å². The summed E-state index contributed by atoms with van der Waals surface area (Å²) in [6, 6.07) is 6.38. The second kappa shape index (κ2) is 3.96. The standard InChI is InChI=1S/C12H5F4/c13-9-1-7(2-10(14)5-9)8-3-11(15)6-12(16)4-8/h1-5H. The summed E-state index contributed by atoms with van der Waals surface area (Å²) in [5.74, 6) is -3.44. The summed E-state index contributed by atoms with van der Waals surface area (Å²) in [4.78, 5) is 0. The minimum atomic E-state index is -0.917. The van der Waals surface area contributed by atoms with Crippen LogP contribution in [0.5, 0.6) is 0 Å². The van der Waals surface area contributed by atoms with Crippen molar-refractivity contribution in [1.82, 2.24) is 0 Å². The van der Waals surface area contributed by atoms with Gasteiger partial charge in [0.2, 0.25) is 0 Å². The molecule has 0 aliphatic rings. The lowest BCUT2D eigenvalue weighted by atomic mass is 10.1. The molecule has 0 saturated carbocycles. The summed E-state index contributed by atoms with van der Waals surface area (Å²) < 4.78 is 51.4. The van der Waals surface area contributed by atoms with E-state index in [1.165, 1.54) is 0 Å². The third-order valence-corrected chi connectivity index (χ3v) is 2.00. The van der Waals surface area contributed by atoms with Gasteiger partial charge >= 0.3 is 0 Å². The maximum atomic E-state index is 12.9. The van der Waals surface area contributed by atoms with Gasteiger partial charge in [-0.25, -0.2) is 17.6 Å². The van der Waals surface area contributed by atoms with Crippen LogP contribution in [0.1, 0.15) is 0 Å². The van der Waals surface area contributed by atoms with Gasteiger partial charge in [0.15, 0.2) is 0 Å². The van der Waals surface area contributed by atoms with Crippen LogP contribution in [-0.4, -0.2) is 0 Å². The van der Waals surface area contributed by atoms with Crippen molar-refractivity contribution < 1.29 is 17.6 Å². The van der Waals surface area contributed by atoms with E-state index in [4.69, 9.17) is 0 Å². The lowest BCUT2D eigenvalue weighted by Gasteiger charge is -2.03. The maximum Gasteiger partial charge on any atom is 0.134 e. The normalized spacial score (nSPS) is 10.5. The average molecular weight is 225 g/mol. The summed E-state index contributed by atoms with van der Waals surface area (Å²) in [5, 5.41) is 0. The Bertz CT molecular complexity index is 445. The highest BCUT2D eigenvalue weighted by Crippen LogP contribution is 2.23. The van der Waals surface area contributed by atoms with Crippen molar-refractivity contribution in [3.05, 3.63) is 59.7 Å². The lowest BCUT2D eigenvalue weighted by molar-refractivity contribution is 0.577. The Kier molecular flexibility index (Phi) is 2.64. The fourth-order valence-corrected chi connectivity index (χ4v) is 1.39. The molecule has 0 nitrogen and oxygen atoms in total. The van der Waals surface area contributed by atoms with Crippen molar-refractivity contribution in [2.45, 2.75) is 0 Å². The van der Waals surface area contributed by atoms with Crippen molar-refractivity contribution in [1.29, 1.82) is 0 Å². The van der Waals surface area contributed by atoms with E-state index in [9.17, 15) is 17.6 Å². The Morgan fingerprint density at radius 2 is 1.06 bits per heavy atom. The fraction of sp³-hybridized carbons (Fsp3) is 0. The highest BCUT2D eigenvalue weighted by Gasteiger charge is 2.06. The third kappa shape index (κ3) is 2.21. The SMILES string of the molecule is Fc1[c]c(F)cc(-c2cc(F)cc(F)c2)c1. The zero-order valence-corrected chi connectivity index (χ0v) is 7.90. The molecule has 1 radical (unpaired) electrons. The van der Waals surface area contributed by atoms with Gasteiger partial charge in [-0.05, 0) is 35.4 Å². The number of hydrogen-bond acceptors (Lipinski definition) is 0. The lowest BCUT2D eigenvalue weighted by Crippen LogP contribution is -1.87. The summed E-state index contributed by atoms with van der Waals surface area (Å²) in [5.41, 5.74) is 0.136. The molecule has 0 amide bonds. The van der Waals surface area contributed by atoms with Crippen molar-refractivity contribution >= 4 is 0 Å². The molecule has 0 fully saturated rings. The van der Waals surface area contributed by atoms with Crippen LogP contribution in [0.2, 0.25) is 0 Å². The Labute approximate surface area is 89.2 Å². The minimum absolute atomic E-state index is 0.0622. The maximum absolute atomic E-state index is 12.9. The molecular weight excluding hydrogens is 220 g/mol. The van der Waals surface area contributed by atoms with Crippen LogP contribution in [0.3, 0.4) is 0 Å². The Morgan fingerprint density at radius 1 is 0.625 bits per heavy atom. The molecule has 0 saturated heterocycles. The molecule has 0 N–H and O–H groups in total. The Morgan fingerprint density at radius 3 is 1.56 bits per heavy atom. The van der Waals surface area contributed by atoms with Gasteiger partial charge in [0, 0.05) is 6.07 Å². The Balaban J connectivity index is 2.57. The topological polar surface area (TPSA) is 0 Å². The molecule has 0 aliphatic carbocycles. The van der Waals surface area contributed by atoms with Gasteiger partial charge in [-0.1, -0.05) is 0 Å². The van der Waals surface area contributed by atoms with Gasteiger partial charge in [-0.3, -0.25) is 0 Å². The van der Waals surface area contributed by atoms with Crippen molar-refractivity contribution in [3.8, 4) is 11.1 Å². The predicted molar refractivity (Wildman–Crippen MR) is 50.5 cm³/mol. The molecule has 0 unspecified atom stereocenters. The smallest absolute Gasteiger partial charge is 0.134 e. The van der Waals surface area contributed by atoms with E-state index >= 15 is 0 Å².